The Bertz CT molecular complexity index is 629. The molecule has 0 spiro atoms. The summed E-state index contributed by atoms with van der Waals surface area (Å²) in [6, 6.07) is 3.90. The van der Waals surface area contributed by atoms with Crippen LogP contribution in [0.2, 0.25) is 0 Å². The summed E-state index contributed by atoms with van der Waals surface area (Å²) in [7, 11) is 0. The van der Waals surface area contributed by atoms with Crippen LogP contribution in [0.15, 0.2) is 39.8 Å². The molecule has 0 saturated carbocycles. The summed E-state index contributed by atoms with van der Waals surface area (Å²) >= 11 is 1.65. The van der Waals surface area contributed by atoms with E-state index in [1.54, 1.807) is 17.4 Å². The van der Waals surface area contributed by atoms with Crippen molar-refractivity contribution in [1.29, 1.82) is 0 Å². The Morgan fingerprint density at radius 2 is 2.13 bits per heavy atom. The average molecular weight is 332 g/mol. The van der Waals surface area contributed by atoms with Crippen molar-refractivity contribution in [3.63, 3.8) is 0 Å². The second-order valence-corrected chi connectivity index (χ2v) is 6.56. The van der Waals surface area contributed by atoms with Gasteiger partial charge < -0.3 is 14.6 Å². The molecule has 1 aliphatic heterocycles. The van der Waals surface area contributed by atoms with Gasteiger partial charge >= 0.3 is 0 Å². The van der Waals surface area contributed by atoms with Crippen molar-refractivity contribution in [2.24, 2.45) is 0 Å². The fourth-order valence-electron chi connectivity index (χ4n) is 2.79. The lowest BCUT2D eigenvalue weighted by Crippen LogP contribution is -2.46. The first-order chi connectivity index (χ1) is 11.2. The molecule has 1 saturated heterocycles. The zero-order valence-electron chi connectivity index (χ0n) is 12.9. The number of likely N-dealkylation sites (tertiary alicyclic amines) is 1. The fraction of sp³-hybridized carbons (Fsp3) is 0.412. The van der Waals surface area contributed by atoms with Crippen molar-refractivity contribution in [1.82, 2.24) is 10.2 Å². The predicted octanol–water partition coefficient (Wildman–Crippen LogP) is 2.69. The normalized spacial score (nSPS) is 15.6. The molecule has 1 aliphatic rings. The zero-order chi connectivity index (χ0) is 16.1. The second kappa shape index (κ2) is 7.46. The van der Waals surface area contributed by atoms with Gasteiger partial charge in [0.1, 0.15) is 6.26 Å². The molecule has 2 aromatic rings. The molecule has 0 atom stereocenters. The maximum atomic E-state index is 12.2. The standard InChI is InChI=1S/C17H20N2O3S/c20-16(2-1-13-6-10-23-12-13)18-15-3-7-19(8-4-15)17(21)14-5-9-22-11-14/h5-6,9-12,15H,1-4,7-8H2,(H,18,20). The van der Waals surface area contributed by atoms with Crippen LogP contribution in [-0.4, -0.2) is 35.8 Å². The summed E-state index contributed by atoms with van der Waals surface area (Å²) in [6.07, 6.45) is 5.88. The first kappa shape index (κ1) is 15.8. The summed E-state index contributed by atoms with van der Waals surface area (Å²) in [5, 5.41) is 7.19. The Morgan fingerprint density at radius 3 is 2.78 bits per heavy atom. The quantitative estimate of drug-likeness (QED) is 0.916. The predicted molar refractivity (Wildman–Crippen MR) is 88.4 cm³/mol. The number of carbonyl (C=O) groups is 2. The van der Waals surface area contributed by atoms with E-state index in [0.29, 0.717) is 25.1 Å². The van der Waals surface area contributed by atoms with Crippen molar-refractivity contribution in [3.8, 4) is 0 Å². The summed E-state index contributed by atoms with van der Waals surface area (Å²) in [6.45, 7) is 1.33. The molecule has 122 valence electrons. The molecule has 1 fully saturated rings. The topological polar surface area (TPSA) is 62.6 Å². The van der Waals surface area contributed by atoms with Gasteiger partial charge in [-0.15, -0.1) is 0 Å². The van der Waals surface area contributed by atoms with Crippen molar-refractivity contribution < 1.29 is 14.0 Å². The molecule has 1 N–H and O–H groups in total. The molecule has 0 unspecified atom stereocenters. The van der Waals surface area contributed by atoms with Crippen LogP contribution in [0, 0.1) is 0 Å². The lowest BCUT2D eigenvalue weighted by atomic mass is 10.0. The largest absolute Gasteiger partial charge is 0.472 e. The van der Waals surface area contributed by atoms with Crippen LogP contribution in [-0.2, 0) is 11.2 Å². The number of nitrogens with zero attached hydrogens (tertiary/aromatic N) is 1. The van der Waals surface area contributed by atoms with Gasteiger partial charge in [0.05, 0.1) is 11.8 Å². The molecule has 5 nitrogen and oxygen atoms in total. The van der Waals surface area contributed by atoms with E-state index in [-0.39, 0.29) is 17.9 Å². The van der Waals surface area contributed by atoms with E-state index in [1.165, 1.54) is 18.1 Å². The second-order valence-electron chi connectivity index (χ2n) is 5.78. The first-order valence-corrected chi connectivity index (χ1v) is 8.78. The number of thiophene rings is 1. The summed E-state index contributed by atoms with van der Waals surface area (Å²) in [4.78, 5) is 26.0. The van der Waals surface area contributed by atoms with Crippen LogP contribution in [0.4, 0.5) is 0 Å². The van der Waals surface area contributed by atoms with E-state index in [4.69, 9.17) is 4.42 Å². The Morgan fingerprint density at radius 1 is 1.30 bits per heavy atom. The molecule has 2 amide bonds. The minimum Gasteiger partial charge on any atom is -0.472 e. The van der Waals surface area contributed by atoms with Gasteiger partial charge in [-0.25, -0.2) is 0 Å². The Labute approximate surface area is 139 Å². The highest BCUT2D eigenvalue weighted by atomic mass is 32.1. The number of hydrogen-bond donors (Lipinski definition) is 1. The number of rotatable bonds is 5. The summed E-state index contributed by atoms with van der Waals surface area (Å²) < 4.78 is 4.95. The highest BCUT2D eigenvalue weighted by Gasteiger charge is 2.24. The third-order valence-electron chi connectivity index (χ3n) is 4.14. The molecule has 3 heterocycles. The molecule has 3 rings (SSSR count). The number of amides is 2. The molecule has 0 bridgehead atoms. The molecule has 23 heavy (non-hydrogen) atoms. The van der Waals surface area contributed by atoms with Crippen molar-refractivity contribution in [2.75, 3.05) is 13.1 Å². The fourth-order valence-corrected chi connectivity index (χ4v) is 3.49. The molecular weight excluding hydrogens is 312 g/mol. The van der Waals surface area contributed by atoms with E-state index >= 15 is 0 Å². The van der Waals surface area contributed by atoms with Gasteiger partial charge in [-0.3, -0.25) is 9.59 Å². The third kappa shape index (κ3) is 4.22. The smallest absolute Gasteiger partial charge is 0.257 e. The van der Waals surface area contributed by atoms with Crippen LogP contribution in [0.5, 0.6) is 0 Å². The maximum absolute atomic E-state index is 12.2. The lowest BCUT2D eigenvalue weighted by molar-refractivity contribution is -0.122. The van der Waals surface area contributed by atoms with Crippen molar-refractivity contribution >= 4 is 23.2 Å². The monoisotopic (exact) mass is 332 g/mol. The molecule has 0 aliphatic carbocycles. The highest BCUT2D eigenvalue weighted by Crippen LogP contribution is 2.15. The average Bonchev–Trinajstić information content (AvgIpc) is 3.26. The van der Waals surface area contributed by atoms with E-state index in [1.807, 2.05) is 10.3 Å². The third-order valence-corrected chi connectivity index (χ3v) is 4.87. The molecule has 0 aromatic carbocycles. The van der Waals surface area contributed by atoms with Gasteiger partial charge in [-0.2, -0.15) is 11.3 Å². The summed E-state index contributed by atoms with van der Waals surface area (Å²) in [5.74, 6) is 0.0943. The van der Waals surface area contributed by atoms with Crippen LogP contribution in [0.1, 0.15) is 35.2 Å². The van der Waals surface area contributed by atoms with Gasteiger partial charge in [-0.1, -0.05) is 0 Å². The SMILES string of the molecule is O=C(CCc1ccsc1)NC1CCN(C(=O)c2ccoc2)CC1. The van der Waals surface area contributed by atoms with E-state index in [9.17, 15) is 9.59 Å². The van der Waals surface area contributed by atoms with Crippen molar-refractivity contribution in [3.05, 3.63) is 46.5 Å². The number of carbonyl (C=O) groups excluding carboxylic acids is 2. The van der Waals surface area contributed by atoms with E-state index in [2.05, 4.69) is 16.8 Å². The van der Waals surface area contributed by atoms with Crippen molar-refractivity contribution in [2.45, 2.75) is 31.7 Å². The lowest BCUT2D eigenvalue weighted by Gasteiger charge is -2.32. The molecule has 2 aromatic heterocycles. The Hall–Kier alpha value is -2.08. The van der Waals surface area contributed by atoms with Gasteiger partial charge in [0.15, 0.2) is 0 Å². The highest BCUT2D eigenvalue weighted by molar-refractivity contribution is 7.07. The van der Waals surface area contributed by atoms with Crippen LogP contribution >= 0.6 is 11.3 Å². The van der Waals surface area contributed by atoms with Crippen LogP contribution < -0.4 is 5.32 Å². The van der Waals surface area contributed by atoms with Crippen LogP contribution in [0.3, 0.4) is 0 Å². The minimum atomic E-state index is 0.000911. The minimum absolute atomic E-state index is 0.000911. The van der Waals surface area contributed by atoms with Crippen LogP contribution in [0.25, 0.3) is 0 Å². The number of piperidine rings is 1. The maximum Gasteiger partial charge on any atom is 0.257 e. The number of aryl methyl sites for hydroxylation is 1. The van der Waals surface area contributed by atoms with Gasteiger partial charge in [-0.05, 0) is 47.7 Å². The van der Waals surface area contributed by atoms with E-state index in [0.717, 1.165) is 19.3 Å². The van der Waals surface area contributed by atoms with Gasteiger partial charge in [0.2, 0.25) is 5.91 Å². The number of nitrogens with one attached hydrogen (secondary N) is 1. The number of furan rings is 1. The zero-order valence-corrected chi connectivity index (χ0v) is 13.7. The summed E-state index contributed by atoms with van der Waals surface area (Å²) in [5.41, 5.74) is 1.80. The van der Waals surface area contributed by atoms with Gasteiger partial charge in [0.25, 0.3) is 5.91 Å². The van der Waals surface area contributed by atoms with E-state index < -0.39 is 0 Å². The van der Waals surface area contributed by atoms with Gasteiger partial charge in [0, 0.05) is 25.6 Å². The first-order valence-electron chi connectivity index (χ1n) is 7.84. The molecule has 6 heteroatoms. The molecule has 0 radical (unpaired) electrons. The number of hydrogen-bond acceptors (Lipinski definition) is 4. The Balaban J connectivity index is 1.40. The Kier molecular flexibility index (Phi) is 5.12. The molecular formula is C17H20N2O3S.